The maximum atomic E-state index is 13.9. The molecule has 4 rings (SSSR count). The molecule has 9 nitrogen and oxygen atoms in total. The maximum Gasteiger partial charge on any atom is 0.678 e. The Labute approximate surface area is 230 Å². The molecular formula is C28H29BF2N4O5. The molecular weight excluding hydrogens is 521 g/mol. The summed E-state index contributed by atoms with van der Waals surface area (Å²) in [6.07, 6.45) is 7.74. The largest absolute Gasteiger partial charge is 0.678 e. The Balaban J connectivity index is 1.16. The first kappa shape index (κ1) is 28.7. The normalized spacial score (nSPS) is 15.6. The van der Waals surface area contributed by atoms with Crippen molar-refractivity contribution >= 4 is 42.9 Å². The average molecular weight is 550 g/mol. The minimum Gasteiger partial charge on any atom is -0.356 e. The third-order valence-electron chi connectivity index (χ3n) is 6.42. The molecule has 12 heteroatoms. The van der Waals surface area contributed by atoms with Gasteiger partial charge in [0.25, 0.3) is 11.8 Å². The number of aliphatic imine (C=N–C) groups is 1. The van der Waals surface area contributed by atoms with Gasteiger partial charge in [-0.15, -0.1) is 5.06 Å². The Morgan fingerprint density at radius 2 is 1.73 bits per heavy atom. The number of benzene rings is 1. The molecule has 0 atom stereocenters. The lowest BCUT2D eigenvalue weighted by Crippen LogP contribution is -2.31. The number of aromatic nitrogens is 1. The van der Waals surface area contributed by atoms with Crippen molar-refractivity contribution in [3.8, 4) is 11.3 Å². The summed E-state index contributed by atoms with van der Waals surface area (Å²) in [5.41, 5.74) is 2.67. The van der Waals surface area contributed by atoms with Gasteiger partial charge in [-0.25, -0.2) is 4.79 Å². The van der Waals surface area contributed by atoms with E-state index in [-0.39, 0.29) is 31.6 Å². The predicted molar refractivity (Wildman–Crippen MR) is 146 cm³/mol. The smallest absolute Gasteiger partial charge is 0.356 e. The van der Waals surface area contributed by atoms with E-state index in [2.05, 4.69) is 10.3 Å². The van der Waals surface area contributed by atoms with Crippen molar-refractivity contribution < 1.29 is 32.6 Å². The molecule has 3 amide bonds. The summed E-state index contributed by atoms with van der Waals surface area (Å²) in [6, 6.07) is 12.3. The number of hydrogen-bond donors (Lipinski definition) is 1. The van der Waals surface area contributed by atoms with E-state index in [0.717, 1.165) is 4.48 Å². The zero-order valence-electron chi connectivity index (χ0n) is 21.9. The minimum atomic E-state index is -2.71. The van der Waals surface area contributed by atoms with Crippen molar-refractivity contribution in [1.29, 1.82) is 0 Å². The van der Waals surface area contributed by atoms with Crippen molar-refractivity contribution in [2.45, 2.75) is 51.4 Å². The van der Waals surface area contributed by atoms with Crippen LogP contribution in [0, 0.1) is 0 Å². The standard InChI is InChI=1S/C28H29BF2N4O5/c30-29(31)34-23(13-14-24(34)20-7-3-1-4-8-20)19-22-11-10-21(33-22)12-15-25(36)32-18-6-2-5-9-28(39)40-35-26(37)16-17-27(35)38/h1,3-4,7-8,10-11,13-14,19H,2,5-6,9,12,15-18H2,(H,32,36)/b22-19-. The van der Waals surface area contributed by atoms with Gasteiger partial charge in [-0.1, -0.05) is 36.8 Å². The fraction of sp³-hybridized carbons (Fsp3) is 0.321. The molecule has 0 radical (unpaired) electrons. The molecule has 0 saturated carbocycles. The second-order valence-electron chi connectivity index (χ2n) is 9.37. The number of hydrogen-bond acceptors (Lipinski definition) is 6. The minimum absolute atomic E-state index is 0.0549. The molecule has 1 aromatic heterocycles. The van der Waals surface area contributed by atoms with Gasteiger partial charge in [0.2, 0.25) is 5.91 Å². The molecule has 2 aliphatic heterocycles. The Morgan fingerprint density at radius 1 is 0.975 bits per heavy atom. The van der Waals surface area contributed by atoms with Gasteiger partial charge in [0.05, 0.1) is 5.70 Å². The van der Waals surface area contributed by atoms with Gasteiger partial charge in [-0.3, -0.25) is 28.0 Å². The molecule has 0 aliphatic carbocycles. The number of allylic oxidation sites excluding steroid dienone is 2. The van der Waals surface area contributed by atoms with Gasteiger partial charge < -0.3 is 14.6 Å². The molecule has 3 heterocycles. The first-order chi connectivity index (χ1) is 19.3. The van der Waals surface area contributed by atoms with Crippen LogP contribution in [0.4, 0.5) is 8.63 Å². The number of halogens is 2. The van der Waals surface area contributed by atoms with Crippen molar-refractivity contribution in [2.24, 2.45) is 4.99 Å². The van der Waals surface area contributed by atoms with E-state index in [1.807, 2.05) is 6.07 Å². The monoisotopic (exact) mass is 550 g/mol. The number of unbranched alkanes of at least 4 members (excludes halogenated alkanes) is 2. The number of amides is 3. The molecule has 0 spiro atoms. The second kappa shape index (κ2) is 13.6. The van der Waals surface area contributed by atoms with Gasteiger partial charge in [0.15, 0.2) is 0 Å². The van der Waals surface area contributed by atoms with Crippen LogP contribution in [0.1, 0.15) is 57.1 Å². The quantitative estimate of drug-likeness (QED) is 0.227. The highest BCUT2D eigenvalue weighted by Gasteiger charge is 2.32. The molecule has 0 bridgehead atoms. The molecule has 0 unspecified atom stereocenters. The lowest BCUT2D eigenvalue weighted by molar-refractivity contribution is -0.197. The zero-order chi connectivity index (χ0) is 28.5. The van der Waals surface area contributed by atoms with Crippen molar-refractivity contribution in [2.75, 3.05) is 6.54 Å². The first-order valence-corrected chi connectivity index (χ1v) is 13.2. The van der Waals surface area contributed by atoms with Crippen LogP contribution in [0.2, 0.25) is 0 Å². The lowest BCUT2D eigenvalue weighted by atomic mass is 10.1. The Hall–Kier alpha value is -4.35. The van der Waals surface area contributed by atoms with Gasteiger partial charge in [0, 0.05) is 49.3 Å². The van der Waals surface area contributed by atoms with Crippen molar-refractivity contribution in [1.82, 2.24) is 14.9 Å². The number of hydroxylamine groups is 2. The van der Waals surface area contributed by atoms with Crippen LogP contribution < -0.4 is 5.32 Å². The van der Waals surface area contributed by atoms with E-state index < -0.39 is 25.2 Å². The fourth-order valence-corrected chi connectivity index (χ4v) is 4.37. The Bertz CT molecular complexity index is 1340. The number of nitrogens with one attached hydrogen (secondary N) is 1. The highest BCUT2D eigenvalue weighted by molar-refractivity contribution is 6.42. The summed E-state index contributed by atoms with van der Waals surface area (Å²) in [4.78, 5) is 56.1. The average Bonchev–Trinajstić information content (AvgIpc) is 3.66. The number of carbonyl (C=O) groups excluding carboxylic acids is 4. The maximum absolute atomic E-state index is 13.9. The van der Waals surface area contributed by atoms with Gasteiger partial charge in [-0.05, 0) is 55.2 Å². The summed E-state index contributed by atoms with van der Waals surface area (Å²) < 4.78 is 28.7. The summed E-state index contributed by atoms with van der Waals surface area (Å²) in [5.74, 6) is -1.79. The van der Waals surface area contributed by atoms with Crippen LogP contribution in [0.15, 0.2) is 65.3 Å². The number of carbonyl (C=O) groups is 4. The van der Waals surface area contributed by atoms with Crippen LogP contribution >= 0.6 is 0 Å². The van der Waals surface area contributed by atoms with Crippen molar-refractivity contribution in [3.05, 3.63) is 66.0 Å². The summed E-state index contributed by atoms with van der Waals surface area (Å²) >= 11 is 0. The molecule has 1 aromatic carbocycles. The number of imide groups is 1. The fourth-order valence-electron chi connectivity index (χ4n) is 4.37. The van der Waals surface area contributed by atoms with Gasteiger partial charge in [-0.2, -0.15) is 0 Å². The van der Waals surface area contributed by atoms with Gasteiger partial charge in [0.1, 0.15) is 0 Å². The second-order valence-corrected chi connectivity index (χ2v) is 9.37. The third-order valence-corrected chi connectivity index (χ3v) is 6.42. The van der Waals surface area contributed by atoms with E-state index >= 15 is 0 Å². The Morgan fingerprint density at radius 3 is 2.45 bits per heavy atom. The highest BCUT2D eigenvalue weighted by atomic mass is 19.2. The first-order valence-electron chi connectivity index (χ1n) is 13.2. The van der Waals surface area contributed by atoms with Crippen LogP contribution in [0.3, 0.4) is 0 Å². The SMILES string of the molecule is O=C(CCC1=N/C(=C\c2ccc(-c3ccccc3)n2B(F)F)C=C1)NCCCCCC(=O)ON1C(=O)CCC1=O. The van der Waals surface area contributed by atoms with E-state index in [1.165, 1.54) is 0 Å². The van der Waals surface area contributed by atoms with E-state index in [0.29, 0.717) is 65.7 Å². The molecule has 2 aromatic rings. The van der Waals surface area contributed by atoms with E-state index in [1.54, 1.807) is 54.6 Å². The van der Waals surface area contributed by atoms with E-state index in [4.69, 9.17) is 4.84 Å². The summed E-state index contributed by atoms with van der Waals surface area (Å²) in [7, 11) is -2.71. The van der Waals surface area contributed by atoms with Gasteiger partial charge >= 0.3 is 13.4 Å². The molecule has 40 heavy (non-hydrogen) atoms. The number of rotatable bonds is 13. The van der Waals surface area contributed by atoms with Crippen LogP contribution in [-0.4, -0.2) is 52.9 Å². The molecule has 2 aliphatic rings. The van der Waals surface area contributed by atoms with E-state index in [9.17, 15) is 27.8 Å². The molecule has 208 valence electrons. The van der Waals surface area contributed by atoms with Crippen molar-refractivity contribution in [3.63, 3.8) is 0 Å². The lowest BCUT2D eigenvalue weighted by Gasteiger charge is -2.12. The zero-order valence-corrected chi connectivity index (χ0v) is 21.9. The topological polar surface area (TPSA) is 110 Å². The van der Waals surface area contributed by atoms with Crippen LogP contribution in [-0.2, 0) is 24.0 Å². The molecule has 1 N–H and O–H groups in total. The van der Waals surface area contributed by atoms with Crippen LogP contribution in [0.5, 0.6) is 0 Å². The number of nitrogens with zero attached hydrogens (tertiary/aromatic N) is 3. The summed E-state index contributed by atoms with van der Waals surface area (Å²) in [5, 5.41) is 3.36. The predicted octanol–water partition coefficient (Wildman–Crippen LogP) is 4.34. The molecule has 1 saturated heterocycles. The van der Waals surface area contributed by atoms with Crippen LogP contribution in [0.25, 0.3) is 17.3 Å². The summed E-state index contributed by atoms with van der Waals surface area (Å²) in [6.45, 7) is 0.443. The molecule has 1 fully saturated rings. The third kappa shape index (κ3) is 7.61. The Kier molecular flexibility index (Phi) is 9.77. The highest BCUT2D eigenvalue weighted by Crippen LogP contribution is 2.26.